The van der Waals surface area contributed by atoms with E-state index in [4.69, 9.17) is 9.47 Å². The summed E-state index contributed by atoms with van der Waals surface area (Å²) in [6.45, 7) is 7.21. The molecule has 4 heteroatoms. The number of amides is 1. The molecule has 1 atom stereocenters. The van der Waals surface area contributed by atoms with Crippen LogP contribution in [0.2, 0.25) is 0 Å². The summed E-state index contributed by atoms with van der Waals surface area (Å²) in [6, 6.07) is 15.5. The van der Waals surface area contributed by atoms with Crippen LogP contribution in [0.5, 0.6) is 5.75 Å². The maximum absolute atomic E-state index is 12.6. The molecule has 0 aromatic heterocycles. The molecule has 1 heterocycles. The number of hydrogen-bond donors (Lipinski definition) is 1. The Morgan fingerprint density at radius 3 is 2.84 bits per heavy atom. The molecular weight excluding hydrogens is 314 g/mol. The SMILES string of the molecule is C=C(C)COc1ccccc1C(=O)NC[C@H]1OCCc2ccccc21. The Bertz CT molecular complexity index is 769. The molecule has 1 N–H and O–H groups in total. The molecule has 0 fully saturated rings. The van der Waals surface area contributed by atoms with Crippen LogP contribution in [0, 0.1) is 0 Å². The normalized spacial score (nSPS) is 16.0. The van der Waals surface area contributed by atoms with Crippen LogP contribution >= 0.6 is 0 Å². The van der Waals surface area contributed by atoms with Crippen molar-refractivity contribution in [1.29, 1.82) is 0 Å². The maximum atomic E-state index is 12.6. The van der Waals surface area contributed by atoms with E-state index in [2.05, 4.69) is 24.0 Å². The first kappa shape index (κ1) is 17.2. The highest BCUT2D eigenvalue weighted by Gasteiger charge is 2.21. The van der Waals surface area contributed by atoms with Crippen LogP contribution in [0.4, 0.5) is 0 Å². The van der Waals surface area contributed by atoms with Gasteiger partial charge in [0.15, 0.2) is 0 Å². The summed E-state index contributed by atoms with van der Waals surface area (Å²) in [5.74, 6) is 0.400. The molecule has 0 radical (unpaired) electrons. The minimum Gasteiger partial charge on any atom is -0.488 e. The van der Waals surface area contributed by atoms with E-state index < -0.39 is 0 Å². The highest BCUT2D eigenvalue weighted by atomic mass is 16.5. The van der Waals surface area contributed by atoms with Gasteiger partial charge in [0.1, 0.15) is 18.5 Å². The van der Waals surface area contributed by atoms with Crippen LogP contribution in [0.3, 0.4) is 0 Å². The number of hydrogen-bond acceptors (Lipinski definition) is 3. The largest absolute Gasteiger partial charge is 0.488 e. The number of rotatable bonds is 6. The lowest BCUT2D eigenvalue weighted by Gasteiger charge is -2.26. The first-order valence-electron chi connectivity index (χ1n) is 8.49. The van der Waals surface area contributed by atoms with Gasteiger partial charge in [-0.2, -0.15) is 0 Å². The Morgan fingerprint density at radius 2 is 2.00 bits per heavy atom. The smallest absolute Gasteiger partial charge is 0.255 e. The Balaban J connectivity index is 1.67. The fraction of sp³-hybridized carbons (Fsp3) is 0.286. The van der Waals surface area contributed by atoms with Gasteiger partial charge >= 0.3 is 0 Å². The van der Waals surface area contributed by atoms with Crippen LogP contribution < -0.4 is 10.1 Å². The molecule has 130 valence electrons. The lowest BCUT2D eigenvalue weighted by molar-refractivity contribution is 0.0411. The van der Waals surface area contributed by atoms with Crippen molar-refractivity contribution in [3.63, 3.8) is 0 Å². The molecule has 0 bridgehead atoms. The Morgan fingerprint density at radius 1 is 1.24 bits per heavy atom. The molecule has 0 spiro atoms. The van der Waals surface area contributed by atoms with Crippen molar-refractivity contribution in [1.82, 2.24) is 5.32 Å². The second-order valence-electron chi connectivity index (χ2n) is 6.26. The number of fused-ring (bicyclic) bond motifs is 1. The molecular formula is C21H23NO3. The Hall–Kier alpha value is -2.59. The van der Waals surface area contributed by atoms with Crippen LogP contribution in [-0.4, -0.2) is 25.7 Å². The number of para-hydroxylation sites is 1. The fourth-order valence-electron chi connectivity index (χ4n) is 2.91. The van der Waals surface area contributed by atoms with Crippen LogP contribution in [0.1, 0.15) is 34.5 Å². The topological polar surface area (TPSA) is 47.6 Å². The van der Waals surface area contributed by atoms with Gasteiger partial charge in [-0.3, -0.25) is 4.79 Å². The molecule has 25 heavy (non-hydrogen) atoms. The zero-order chi connectivity index (χ0) is 17.6. The summed E-state index contributed by atoms with van der Waals surface area (Å²) in [5, 5.41) is 2.97. The zero-order valence-corrected chi connectivity index (χ0v) is 14.5. The van der Waals surface area contributed by atoms with Crippen LogP contribution in [0.15, 0.2) is 60.7 Å². The molecule has 3 rings (SSSR count). The van der Waals surface area contributed by atoms with Gasteiger partial charge in [-0.1, -0.05) is 43.0 Å². The first-order chi connectivity index (χ1) is 12.1. The number of nitrogens with one attached hydrogen (secondary N) is 1. The van der Waals surface area contributed by atoms with Crippen molar-refractivity contribution in [3.05, 3.63) is 77.4 Å². The molecule has 2 aromatic carbocycles. The van der Waals surface area contributed by atoms with Crippen molar-refractivity contribution in [2.45, 2.75) is 19.4 Å². The number of carbonyl (C=O) groups is 1. The van der Waals surface area contributed by atoms with E-state index in [9.17, 15) is 4.79 Å². The second-order valence-corrected chi connectivity index (χ2v) is 6.26. The summed E-state index contributed by atoms with van der Waals surface area (Å²) in [5.41, 5.74) is 3.87. The average molecular weight is 337 g/mol. The summed E-state index contributed by atoms with van der Waals surface area (Å²) in [4.78, 5) is 12.6. The number of carbonyl (C=O) groups excluding carboxylic acids is 1. The van der Waals surface area contributed by atoms with E-state index in [1.165, 1.54) is 5.56 Å². The van der Waals surface area contributed by atoms with Gasteiger partial charge in [-0.05, 0) is 42.2 Å². The van der Waals surface area contributed by atoms with Crippen LogP contribution in [0.25, 0.3) is 0 Å². The minimum absolute atomic E-state index is 0.114. The third kappa shape index (κ3) is 4.28. The standard InChI is InChI=1S/C21H23NO3/c1-15(2)14-25-19-10-6-5-9-18(19)21(23)22-13-20-17-8-4-3-7-16(17)11-12-24-20/h3-10,20H,1,11-14H2,2H3,(H,22,23)/t20-/m1/s1. The zero-order valence-electron chi connectivity index (χ0n) is 14.5. The van der Waals surface area contributed by atoms with Gasteiger partial charge in [0, 0.05) is 6.54 Å². The minimum atomic E-state index is -0.163. The molecule has 1 aliphatic heterocycles. The van der Waals surface area contributed by atoms with Crippen LogP contribution in [-0.2, 0) is 11.2 Å². The van der Waals surface area contributed by atoms with Gasteiger partial charge in [0.25, 0.3) is 5.91 Å². The molecule has 4 nitrogen and oxygen atoms in total. The highest BCUT2D eigenvalue weighted by molar-refractivity contribution is 5.96. The van der Waals surface area contributed by atoms with Crippen molar-refractivity contribution >= 4 is 5.91 Å². The molecule has 0 saturated heterocycles. The van der Waals surface area contributed by atoms with Crippen molar-refractivity contribution < 1.29 is 14.3 Å². The van der Waals surface area contributed by atoms with E-state index in [0.29, 0.717) is 31.1 Å². The van der Waals surface area contributed by atoms with E-state index in [1.54, 1.807) is 12.1 Å². The van der Waals surface area contributed by atoms with E-state index in [0.717, 1.165) is 17.6 Å². The monoisotopic (exact) mass is 337 g/mol. The predicted molar refractivity (Wildman–Crippen MR) is 97.9 cm³/mol. The molecule has 1 aliphatic rings. The Kier molecular flexibility index (Phi) is 5.51. The number of benzene rings is 2. The third-order valence-electron chi connectivity index (χ3n) is 4.15. The van der Waals surface area contributed by atoms with Crippen molar-refractivity contribution in [3.8, 4) is 5.75 Å². The van der Waals surface area contributed by atoms with Gasteiger partial charge in [-0.15, -0.1) is 0 Å². The van der Waals surface area contributed by atoms with Gasteiger partial charge < -0.3 is 14.8 Å². The molecule has 0 aliphatic carbocycles. The molecule has 2 aromatic rings. The lowest BCUT2D eigenvalue weighted by Crippen LogP contribution is -2.32. The second kappa shape index (κ2) is 7.99. The van der Waals surface area contributed by atoms with Gasteiger partial charge in [0.05, 0.1) is 12.2 Å². The summed E-state index contributed by atoms with van der Waals surface area (Å²) < 4.78 is 11.5. The van der Waals surface area contributed by atoms with E-state index in [-0.39, 0.29) is 12.0 Å². The fourth-order valence-corrected chi connectivity index (χ4v) is 2.91. The summed E-state index contributed by atoms with van der Waals surface area (Å²) in [6.07, 6.45) is 0.801. The average Bonchev–Trinajstić information content (AvgIpc) is 2.64. The van der Waals surface area contributed by atoms with E-state index >= 15 is 0 Å². The highest BCUT2D eigenvalue weighted by Crippen LogP contribution is 2.26. The van der Waals surface area contributed by atoms with Crippen molar-refractivity contribution in [2.24, 2.45) is 0 Å². The molecule has 0 saturated carbocycles. The van der Waals surface area contributed by atoms with Gasteiger partial charge in [-0.25, -0.2) is 0 Å². The van der Waals surface area contributed by atoms with Crippen molar-refractivity contribution in [2.75, 3.05) is 19.8 Å². The predicted octanol–water partition coefficient (Wildman–Crippen LogP) is 3.69. The molecule has 0 unspecified atom stereocenters. The quantitative estimate of drug-likeness (QED) is 0.818. The Labute approximate surface area is 148 Å². The summed E-state index contributed by atoms with van der Waals surface area (Å²) >= 11 is 0. The maximum Gasteiger partial charge on any atom is 0.255 e. The number of ether oxygens (including phenoxy) is 2. The lowest BCUT2D eigenvalue weighted by atomic mass is 9.97. The van der Waals surface area contributed by atoms with Gasteiger partial charge in [0.2, 0.25) is 0 Å². The third-order valence-corrected chi connectivity index (χ3v) is 4.15. The molecule has 1 amide bonds. The van der Waals surface area contributed by atoms with E-state index in [1.807, 2.05) is 31.2 Å². The first-order valence-corrected chi connectivity index (χ1v) is 8.49. The summed E-state index contributed by atoms with van der Waals surface area (Å²) in [7, 11) is 0.